The summed E-state index contributed by atoms with van der Waals surface area (Å²) >= 11 is 0. The minimum atomic E-state index is -0.0450. The van der Waals surface area contributed by atoms with E-state index < -0.39 is 0 Å². The Kier molecular flexibility index (Phi) is 8.60. The normalized spacial score (nSPS) is 10.5. The summed E-state index contributed by atoms with van der Waals surface area (Å²) in [6.07, 6.45) is 0. The summed E-state index contributed by atoms with van der Waals surface area (Å²) in [6.45, 7) is 3.77. The van der Waals surface area contributed by atoms with Gasteiger partial charge in [0.1, 0.15) is 23.9 Å². The van der Waals surface area contributed by atoms with E-state index in [1.54, 1.807) is 7.11 Å². The van der Waals surface area contributed by atoms with Gasteiger partial charge in [-0.1, -0.05) is 60.7 Å². The van der Waals surface area contributed by atoms with E-state index >= 15 is 0 Å². The van der Waals surface area contributed by atoms with Crippen LogP contribution in [-0.4, -0.2) is 24.5 Å². The maximum absolute atomic E-state index is 13.8. The fraction of sp³-hybridized carbons (Fsp3) is 0.194. The van der Waals surface area contributed by atoms with Gasteiger partial charge < -0.3 is 19.1 Å². The minimum absolute atomic E-state index is 0.0450. The lowest BCUT2D eigenvalue weighted by molar-refractivity contribution is 0.0729. The second-order valence-corrected chi connectivity index (χ2v) is 8.35. The van der Waals surface area contributed by atoms with Gasteiger partial charge in [-0.3, -0.25) is 4.79 Å². The smallest absolute Gasteiger partial charge is 0.254 e. The number of amides is 1. The van der Waals surface area contributed by atoms with Crippen molar-refractivity contribution in [2.45, 2.75) is 26.6 Å². The van der Waals surface area contributed by atoms with Gasteiger partial charge in [-0.15, -0.1) is 0 Å². The molecule has 0 spiro atoms. The molecule has 0 saturated heterocycles. The molecule has 0 bridgehead atoms. The molecule has 0 fully saturated rings. The van der Waals surface area contributed by atoms with Crippen molar-refractivity contribution in [2.75, 3.05) is 13.7 Å². The first-order valence-corrected chi connectivity index (χ1v) is 12.1. The van der Waals surface area contributed by atoms with Crippen LogP contribution in [0.4, 0.5) is 0 Å². The summed E-state index contributed by atoms with van der Waals surface area (Å²) in [5.41, 5.74) is 3.57. The summed E-state index contributed by atoms with van der Waals surface area (Å²) in [5.74, 6) is 2.14. The third-order valence-electron chi connectivity index (χ3n) is 5.78. The third-order valence-corrected chi connectivity index (χ3v) is 5.78. The van der Waals surface area contributed by atoms with Crippen molar-refractivity contribution in [3.8, 4) is 17.2 Å². The van der Waals surface area contributed by atoms with Crippen molar-refractivity contribution in [2.24, 2.45) is 0 Å². The SMILES string of the molecule is CCOc1ccc(C(=O)N(Cc2ccccc2)Cc2ccccc2)cc1COc1ccc(OC)cc1. The molecule has 36 heavy (non-hydrogen) atoms. The maximum atomic E-state index is 13.8. The standard InChI is InChI=1S/C31H31NO4/c1-3-35-30-19-14-26(20-27(30)23-36-29-17-15-28(34-2)16-18-29)31(33)32(21-24-10-6-4-7-11-24)22-25-12-8-5-9-13-25/h4-20H,3,21-23H2,1-2H3. The Balaban J connectivity index is 1.58. The Morgan fingerprint density at radius 2 is 1.31 bits per heavy atom. The number of rotatable bonds is 11. The number of benzene rings is 4. The molecule has 0 unspecified atom stereocenters. The Bertz CT molecular complexity index is 1200. The zero-order valence-electron chi connectivity index (χ0n) is 20.7. The van der Waals surface area contributed by atoms with Gasteiger partial charge >= 0.3 is 0 Å². The lowest BCUT2D eigenvalue weighted by atomic mass is 10.1. The van der Waals surface area contributed by atoms with Crippen LogP contribution in [0.25, 0.3) is 0 Å². The first-order chi connectivity index (χ1) is 17.7. The fourth-order valence-electron chi connectivity index (χ4n) is 3.94. The lowest BCUT2D eigenvalue weighted by Gasteiger charge is -2.24. The topological polar surface area (TPSA) is 48.0 Å². The number of methoxy groups -OCH3 is 1. The van der Waals surface area contributed by atoms with Crippen LogP contribution in [0, 0.1) is 0 Å². The summed E-state index contributed by atoms with van der Waals surface area (Å²) in [5, 5.41) is 0. The van der Waals surface area contributed by atoms with Gasteiger partial charge in [0.15, 0.2) is 0 Å². The van der Waals surface area contributed by atoms with E-state index in [9.17, 15) is 4.79 Å². The average molecular weight is 482 g/mol. The van der Waals surface area contributed by atoms with E-state index in [4.69, 9.17) is 14.2 Å². The zero-order chi connectivity index (χ0) is 25.2. The molecule has 0 radical (unpaired) electrons. The highest BCUT2D eigenvalue weighted by atomic mass is 16.5. The number of ether oxygens (including phenoxy) is 3. The highest BCUT2D eigenvalue weighted by Gasteiger charge is 2.19. The molecule has 0 saturated carbocycles. The first kappa shape index (κ1) is 24.9. The molecule has 1 amide bonds. The molecule has 4 aromatic rings. The molecule has 0 aliphatic rings. The van der Waals surface area contributed by atoms with E-state index in [2.05, 4.69) is 0 Å². The molecule has 4 aromatic carbocycles. The number of carbonyl (C=O) groups is 1. The number of hydrogen-bond donors (Lipinski definition) is 0. The third kappa shape index (κ3) is 6.66. The van der Waals surface area contributed by atoms with Crippen LogP contribution in [0.5, 0.6) is 17.2 Å². The van der Waals surface area contributed by atoms with Crippen molar-refractivity contribution >= 4 is 5.91 Å². The Labute approximate surface area is 212 Å². The molecule has 5 nitrogen and oxygen atoms in total. The monoisotopic (exact) mass is 481 g/mol. The molecule has 0 aromatic heterocycles. The molecular formula is C31H31NO4. The van der Waals surface area contributed by atoms with Crippen molar-refractivity contribution < 1.29 is 19.0 Å². The second-order valence-electron chi connectivity index (χ2n) is 8.35. The predicted molar refractivity (Wildman–Crippen MR) is 141 cm³/mol. The molecule has 0 aliphatic carbocycles. The van der Waals surface area contributed by atoms with Gasteiger partial charge in [0.2, 0.25) is 0 Å². The molecule has 5 heteroatoms. The van der Waals surface area contributed by atoms with Crippen LogP contribution in [0.15, 0.2) is 103 Å². The van der Waals surface area contributed by atoms with Crippen molar-refractivity contribution in [1.29, 1.82) is 0 Å². The fourth-order valence-corrected chi connectivity index (χ4v) is 3.94. The van der Waals surface area contributed by atoms with E-state index in [-0.39, 0.29) is 12.5 Å². The summed E-state index contributed by atoms with van der Waals surface area (Å²) in [7, 11) is 1.63. The van der Waals surface area contributed by atoms with Gasteiger partial charge in [-0.25, -0.2) is 0 Å². The van der Waals surface area contributed by atoms with Crippen LogP contribution in [-0.2, 0) is 19.7 Å². The van der Waals surface area contributed by atoms with Gasteiger partial charge in [0.05, 0.1) is 13.7 Å². The van der Waals surface area contributed by atoms with Gasteiger partial charge in [0.25, 0.3) is 5.91 Å². The number of carbonyl (C=O) groups excluding carboxylic acids is 1. The van der Waals surface area contributed by atoms with Crippen molar-refractivity contribution in [1.82, 2.24) is 4.90 Å². The van der Waals surface area contributed by atoms with Gasteiger partial charge in [-0.2, -0.15) is 0 Å². The lowest BCUT2D eigenvalue weighted by Crippen LogP contribution is -2.30. The van der Waals surface area contributed by atoms with Crippen LogP contribution < -0.4 is 14.2 Å². The Morgan fingerprint density at radius 1 is 0.722 bits per heavy atom. The molecule has 0 N–H and O–H groups in total. The largest absolute Gasteiger partial charge is 0.497 e. The Morgan fingerprint density at radius 3 is 1.86 bits per heavy atom. The predicted octanol–water partition coefficient (Wildman–Crippen LogP) is 6.52. The van der Waals surface area contributed by atoms with Gasteiger partial charge in [0, 0.05) is 24.2 Å². The van der Waals surface area contributed by atoms with Crippen molar-refractivity contribution in [3.63, 3.8) is 0 Å². The van der Waals surface area contributed by atoms with Crippen LogP contribution in [0.1, 0.15) is 34.0 Å². The highest BCUT2D eigenvalue weighted by Crippen LogP contribution is 2.25. The molecule has 0 aliphatic heterocycles. The van der Waals surface area contributed by atoms with E-state index in [1.165, 1.54) is 0 Å². The zero-order valence-corrected chi connectivity index (χ0v) is 20.7. The van der Waals surface area contributed by atoms with Crippen molar-refractivity contribution in [3.05, 3.63) is 125 Å². The average Bonchev–Trinajstić information content (AvgIpc) is 2.93. The number of nitrogens with zero attached hydrogens (tertiary/aromatic N) is 1. The molecule has 0 heterocycles. The van der Waals surface area contributed by atoms with E-state index in [0.29, 0.717) is 36.8 Å². The molecule has 0 atom stereocenters. The first-order valence-electron chi connectivity index (χ1n) is 12.1. The van der Waals surface area contributed by atoms with Crippen LogP contribution in [0.3, 0.4) is 0 Å². The van der Waals surface area contributed by atoms with Crippen LogP contribution >= 0.6 is 0 Å². The Hall–Kier alpha value is -4.25. The summed E-state index contributed by atoms with van der Waals surface area (Å²) < 4.78 is 17.0. The van der Waals surface area contributed by atoms with E-state index in [1.807, 2.05) is 115 Å². The molecule has 184 valence electrons. The van der Waals surface area contributed by atoms with E-state index in [0.717, 1.165) is 22.4 Å². The maximum Gasteiger partial charge on any atom is 0.254 e. The minimum Gasteiger partial charge on any atom is -0.497 e. The number of hydrogen-bond acceptors (Lipinski definition) is 4. The highest BCUT2D eigenvalue weighted by molar-refractivity contribution is 5.94. The molecule has 4 rings (SSSR count). The quantitative estimate of drug-likeness (QED) is 0.245. The second kappa shape index (κ2) is 12.5. The summed E-state index contributed by atoms with van der Waals surface area (Å²) in [4.78, 5) is 15.6. The van der Waals surface area contributed by atoms with Crippen LogP contribution in [0.2, 0.25) is 0 Å². The summed E-state index contributed by atoms with van der Waals surface area (Å²) in [6, 6.07) is 33.1. The van der Waals surface area contributed by atoms with Gasteiger partial charge in [-0.05, 0) is 60.5 Å². The molecular weight excluding hydrogens is 450 g/mol.